The number of carbonyl (C=O) groups excluding carboxylic acids is 1. The molecule has 1 N–H and O–H groups in total. The molecule has 0 bridgehead atoms. The molecule has 140 valence electrons. The molecule has 10 nitrogen and oxygen atoms in total. The van der Waals surface area contributed by atoms with E-state index in [0.717, 1.165) is 28.8 Å². The van der Waals surface area contributed by atoms with Gasteiger partial charge in [0.2, 0.25) is 0 Å². The summed E-state index contributed by atoms with van der Waals surface area (Å²) in [4.78, 5) is 34.3. The number of nitrogens with zero attached hydrogens (tertiary/aromatic N) is 2. The Kier molecular flexibility index (Phi) is 4.24. The summed E-state index contributed by atoms with van der Waals surface area (Å²) >= 11 is 1.11. The van der Waals surface area contributed by atoms with Gasteiger partial charge >= 0.3 is 16.1 Å². The third-order valence-corrected chi connectivity index (χ3v) is 7.08. The van der Waals surface area contributed by atoms with Gasteiger partial charge in [-0.2, -0.15) is 8.42 Å². The van der Waals surface area contributed by atoms with Crippen LogP contribution in [0.25, 0.3) is 0 Å². The SMILES string of the molecule is CC1(C)S[C@@H]2[C@H](OS(=O)(=O)c3ccccc3[N+](=O)[O-])C(=O)N2[C@H]1C(=O)O. The molecule has 0 radical (unpaired) electrons. The third kappa shape index (κ3) is 2.73. The minimum absolute atomic E-state index is 0.659. The van der Waals surface area contributed by atoms with Crippen LogP contribution >= 0.6 is 11.8 Å². The lowest BCUT2D eigenvalue weighted by molar-refractivity contribution is -0.387. The largest absolute Gasteiger partial charge is 0.480 e. The standard InChI is InChI=1S/C14H14N2O8S2/c1-14(2)10(13(18)19)15-11(17)9(12(15)25-14)24-26(22,23)8-6-4-3-5-7(8)16(20)21/h3-6,9-10,12H,1-2H3,(H,18,19)/t9-,10+,12-/m1/s1. The van der Waals surface area contributed by atoms with Crippen molar-refractivity contribution < 1.29 is 32.2 Å². The number of fused-ring (bicyclic) bond motifs is 1. The van der Waals surface area contributed by atoms with Crippen molar-refractivity contribution in [2.24, 2.45) is 0 Å². The lowest BCUT2D eigenvalue weighted by Gasteiger charge is -2.42. The van der Waals surface area contributed by atoms with Crippen LogP contribution in [0.2, 0.25) is 0 Å². The van der Waals surface area contributed by atoms with Gasteiger partial charge in [-0.15, -0.1) is 11.8 Å². The first kappa shape index (κ1) is 18.6. The molecule has 2 aliphatic heterocycles. The topological polar surface area (TPSA) is 144 Å². The van der Waals surface area contributed by atoms with Crippen LogP contribution in [0.15, 0.2) is 29.2 Å². The molecule has 2 fully saturated rings. The number of amides is 1. The Balaban J connectivity index is 1.89. The molecule has 0 spiro atoms. The third-order valence-electron chi connectivity index (χ3n) is 4.19. The highest BCUT2D eigenvalue weighted by Crippen LogP contribution is 2.52. The summed E-state index contributed by atoms with van der Waals surface area (Å²) in [5.74, 6) is -1.97. The zero-order valence-electron chi connectivity index (χ0n) is 13.6. The summed E-state index contributed by atoms with van der Waals surface area (Å²) < 4.78 is 29.0. The molecule has 1 amide bonds. The highest BCUT2D eigenvalue weighted by atomic mass is 32.2. The van der Waals surface area contributed by atoms with E-state index in [1.54, 1.807) is 13.8 Å². The van der Waals surface area contributed by atoms with E-state index in [-0.39, 0.29) is 0 Å². The summed E-state index contributed by atoms with van der Waals surface area (Å²) in [6.45, 7) is 3.27. The zero-order valence-corrected chi connectivity index (χ0v) is 15.2. The number of aliphatic carboxylic acids is 1. The molecular formula is C14H14N2O8S2. The van der Waals surface area contributed by atoms with Gasteiger partial charge in [-0.25, -0.2) is 8.98 Å². The second-order valence-corrected chi connectivity index (χ2v) is 9.61. The first-order valence-corrected chi connectivity index (χ1v) is 9.65. The van der Waals surface area contributed by atoms with Crippen LogP contribution in [0.3, 0.4) is 0 Å². The number of nitro groups is 1. The molecule has 2 aliphatic rings. The average Bonchev–Trinajstić information content (AvgIpc) is 2.81. The second kappa shape index (κ2) is 5.93. The molecule has 3 atom stereocenters. The molecule has 0 saturated carbocycles. The summed E-state index contributed by atoms with van der Waals surface area (Å²) in [6.07, 6.45) is -1.42. The van der Waals surface area contributed by atoms with Gasteiger partial charge < -0.3 is 10.0 Å². The van der Waals surface area contributed by atoms with Gasteiger partial charge in [-0.05, 0) is 19.9 Å². The molecule has 2 heterocycles. The van der Waals surface area contributed by atoms with E-state index < -0.39 is 59.8 Å². The van der Waals surface area contributed by atoms with Gasteiger partial charge in [0, 0.05) is 10.8 Å². The first-order chi connectivity index (χ1) is 12.0. The van der Waals surface area contributed by atoms with Crippen molar-refractivity contribution in [1.29, 1.82) is 0 Å². The Morgan fingerprint density at radius 3 is 2.58 bits per heavy atom. The van der Waals surface area contributed by atoms with Gasteiger partial charge in [0.1, 0.15) is 11.4 Å². The normalized spacial score (nSPS) is 26.9. The predicted octanol–water partition coefficient (Wildman–Crippen LogP) is 0.816. The van der Waals surface area contributed by atoms with E-state index in [9.17, 15) is 33.2 Å². The monoisotopic (exact) mass is 402 g/mol. The molecule has 2 saturated heterocycles. The van der Waals surface area contributed by atoms with Crippen LogP contribution in [-0.2, 0) is 23.9 Å². The minimum Gasteiger partial charge on any atom is -0.480 e. The summed E-state index contributed by atoms with van der Waals surface area (Å²) in [6, 6.07) is 3.52. The van der Waals surface area contributed by atoms with Crippen molar-refractivity contribution in [1.82, 2.24) is 4.90 Å². The van der Waals surface area contributed by atoms with Crippen LogP contribution in [-0.4, -0.2) is 57.5 Å². The molecule has 26 heavy (non-hydrogen) atoms. The van der Waals surface area contributed by atoms with Crippen LogP contribution in [0, 0.1) is 10.1 Å². The second-order valence-electron chi connectivity index (χ2n) is 6.29. The van der Waals surface area contributed by atoms with Gasteiger partial charge in [0.15, 0.2) is 11.0 Å². The minimum atomic E-state index is -4.59. The molecule has 12 heteroatoms. The van der Waals surface area contributed by atoms with Crippen molar-refractivity contribution in [2.75, 3.05) is 0 Å². The number of hydrogen-bond donors (Lipinski definition) is 1. The molecule has 3 rings (SSSR count). The smallest absolute Gasteiger partial charge is 0.327 e. The highest BCUT2D eigenvalue weighted by molar-refractivity contribution is 8.01. The van der Waals surface area contributed by atoms with Crippen molar-refractivity contribution >= 4 is 39.4 Å². The van der Waals surface area contributed by atoms with Crippen molar-refractivity contribution in [3.05, 3.63) is 34.4 Å². The summed E-state index contributed by atoms with van der Waals surface area (Å²) in [5, 5.41) is 19.6. The molecule has 0 unspecified atom stereocenters. The van der Waals surface area contributed by atoms with Crippen LogP contribution in [0.4, 0.5) is 5.69 Å². The number of carboxylic acid groups (broad SMARTS) is 1. The average molecular weight is 402 g/mol. The number of carbonyl (C=O) groups is 2. The molecule has 1 aromatic carbocycles. The maximum absolute atomic E-state index is 12.4. The number of thioether (sulfide) groups is 1. The summed E-state index contributed by atoms with van der Waals surface area (Å²) in [7, 11) is -4.59. The Morgan fingerprint density at radius 1 is 1.38 bits per heavy atom. The van der Waals surface area contributed by atoms with E-state index in [4.69, 9.17) is 4.18 Å². The lowest BCUT2D eigenvalue weighted by atomic mass is 9.97. The maximum atomic E-state index is 12.4. The zero-order chi connectivity index (χ0) is 19.4. The van der Waals surface area contributed by atoms with Crippen molar-refractivity contribution in [2.45, 2.75) is 41.0 Å². The summed E-state index contributed by atoms with van der Waals surface area (Å²) in [5.41, 5.74) is -0.668. The quantitative estimate of drug-likeness (QED) is 0.327. The predicted molar refractivity (Wildman–Crippen MR) is 88.9 cm³/mol. The van der Waals surface area contributed by atoms with Crippen LogP contribution in [0.5, 0.6) is 0 Å². The van der Waals surface area contributed by atoms with Gasteiger partial charge in [-0.1, -0.05) is 12.1 Å². The number of hydrogen-bond acceptors (Lipinski definition) is 8. The van der Waals surface area contributed by atoms with E-state index in [1.165, 1.54) is 12.1 Å². The molecule has 1 aromatic rings. The van der Waals surface area contributed by atoms with Gasteiger partial charge in [-0.3, -0.25) is 14.9 Å². The first-order valence-electron chi connectivity index (χ1n) is 7.37. The van der Waals surface area contributed by atoms with Crippen molar-refractivity contribution in [3.8, 4) is 0 Å². The van der Waals surface area contributed by atoms with E-state index in [2.05, 4.69) is 0 Å². The molecule has 0 aromatic heterocycles. The number of benzene rings is 1. The van der Waals surface area contributed by atoms with Crippen molar-refractivity contribution in [3.63, 3.8) is 0 Å². The Morgan fingerprint density at radius 2 is 2.00 bits per heavy atom. The Bertz CT molecular complexity index is 913. The fourth-order valence-corrected chi connectivity index (χ4v) is 5.95. The van der Waals surface area contributed by atoms with E-state index >= 15 is 0 Å². The number of nitro benzene ring substituents is 1. The number of carboxylic acids is 1. The molecular weight excluding hydrogens is 388 g/mol. The molecule has 0 aliphatic carbocycles. The van der Waals surface area contributed by atoms with Gasteiger partial charge in [0.05, 0.1) is 4.92 Å². The van der Waals surface area contributed by atoms with Crippen LogP contribution in [0.1, 0.15) is 13.8 Å². The van der Waals surface area contributed by atoms with E-state index in [0.29, 0.717) is 0 Å². The lowest BCUT2D eigenvalue weighted by Crippen LogP contribution is -2.66. The number of para-hydroxylation sites is 1. The Hall–Kier alpha value is -2.18. The van der Waals surface area contributed by atoms with Crippen LogP contribution < -0.4 is 0 Å². The van der Waals surface area contributed by atoms with E-state index in [1.807, 2.05) is 0 Å². The van der Waals surface area contributed by atoms with Gasteiger partial charge in [0.25, 0.3) is 11.6 Å². The highest BCUT2D eigenvalue weighted by Gasteiger charge is 2.65. The Labute approximate surface area is 152 Å². The fraction of sp³-hybridized carbons (Fsp3) is 0.429. The number of β-lactam (4-membered cyclic amide) rings is 1. The number of rotatable bonds is 5. The fourth-order valence-electron chi connectivity index (χ4n) is 3.07. The maximum Gasteiger partial charge on any atom is 0.327 e.